The number of benzene rings is 2. The quantitative estimate of drug-likeness (QED) is 0.283. The number of guanidine groups is 1. The lowest BCUT2D eigenvalue weighted by molar-refractivity contribution is -0.0498. The first-order chi connectivity index (χ1) is 15.4. The molecule has 1 fully saturated rings. The molecule has 1 heterocycles. The molecule has 1 saturated heterocycles. The summed E-state index contributed by atoms with van der Waals surface area (Å²) in [5, 5.41) is 13.0. The molecule has 3 rings (SSSR count). The molecule has 1 aliphatic heterocycles. The van der Waals surface area contributed by atoms with Gasteiger partial charge in [0.05, 0.1) is 6.10 Å². The van der Waals surface area contributed by atoms with E-state index < -0.39 is 6.61 Å². The molecule has 9 heteroatoms. The minimum Gasteiger partial charge on any atom is -0.435 e. The minimum absolute atomic E-state index is 0. The first-order valence-electron chi connectivity index (χ1n) is 10.9. The largest absolute Gasteiger partial charge is 0.435 e. The van der Waals surface area contributed by atoms with Gasteiger partial charge in [-0.1, -0.05) is 36.4 Å². The number of piperidine rings is 1. The lowest BCUT2D eigenvalue weighted by atomic mass is 10.1. The van der Waals surface area contributed by atoms with Crippen LogP contribution in [0.3, 0.4) is 0 Å². The maximum absolute atomic E-state index is 12.3. The number of hydrogen-bond donors (Lipinski definition) is 2. The molecule has 0 atom stereocenters. The maximum Gasteiger partial charge on any atom is 0.387 e. The van der Waals surface area contributed by atoms with Crippen molar-refractivity contribution in [3.63, 3.8) is 0 Å². The predicted octanol–water partition coefficient (Wildman–Crippen LogP) is 4.07. The van der Waals surface area contributed by atoms with Crippen molar-refractivity contribution < 1.29 is 18.6 Å². The Balaban J connectivity index is 0.00000385. The Hall–Kier alpha value is -1.98. The van der Waals surface area contributed by atoms with E-state index >= 15 is 0 Å². The van der Waals surface area contributed by atoms with E-state index in [1.807, 2.05) is 11.9 Å². The number of aliphatic hydroxyl groups excluding tert-OH is 1. The third-order valence-corrected chi connectivity index (χ3v) is 5.58. The first-order valence-corrected chi connectivity index (χ1v) is 10.9. The van der Waals surface area contributed by atoms with E-state index in [2.05, 4.69) is 44.2 Å². The van der Waals surface area contributed by atoms with E-state index in [1.54, 1.807) is 31.3 Å². The van der Waals surface area contributed by atoms with Gasteiger partial charge in [0.2, 0.25) is 0 Å². The summed E-state index contributed by atoms with van der Waals surface area (Å²) >= 11 is 0. The fraction of sp³-hybridized carbons (Fsp3) is 0.458. The molecule has 0 aromatic heterocycles. The molecule has 0 amide bonds. The minimum atomic E-state index is -2.82. The summed E-state index contributed by atoms with van der Waals surface area (Å²) < 4.78 is 29.0. The Morgan fingerprint density at radius 2 is 1.67 bits per heavy atom. The van der Waals surface area contributed by atoms with Gasteiger partial charge in [-0.15, -0.1) is 24.0 Å². The summed E-state index contributed by atoms with van der Waals surface area (Å²) in [6, 6.07) is 15.2. The second-order valence-electron chi connectivity index (χ2n) is 8.10. The van der Waals surface area contributed by atoms with Gasteiger partial charge >= 0.3 is 6.61 Å². The number of aliphatic imine (C=N–C) groups is 1. The SMILES string of the molecule is CN=C(NCc1ccc(CN2CCC(O)CC2)cc1)N(C)Cc1ccc(OC(F)F)cc1.I. The van der Waals surface area contributed by atoms with Crippen LogP contribution >= 0.6 is 24.0 Å². The second kappa shape index (κ2) is 13.7. The van der Waals surface area contributed by atoms with Crippen molar-refractivity contribution >= 4 is 29.9 Å². The van der Waals surface area contributed by atoms with Gasteiger partial charge < -0.3 is 20.1 Å². The average Bonchev–Trinajstić information content (AvgIpc) is 2.78. The van der Waals surface area contributed by atoms with Crippen molar-refractivity contribution in [2.24, 2.45) is 4.99 Å². The van der Waals surface area contributed by atoms with Gasteiger partial charge in [0.25, 0.3) is 0 Å². The summed E-state index contributed by atoms with van der Waals surface area (Å²) in [6.45, 7) is 1.20. The van der Waals surface area contributed by atoms with Crippen LogP contribution < -0.4 is 10.1 Å². The lowest BCUT2D eigenvalue weighted by Gasteiger charge is -2.29. The molecule has 0 spiro atoms. The molecule has 0 aliphatic carbocycles. The summed E-state index contributed by atoms with van der Waals surface area (Å²) in [5.41, 5.74) is 3.39. The molecule has 0 unspecified atom stereocenters. The fourth-order valence-electron chi connectivity index (χ4n) is 3.79. The molecule has 0 bridgehead atoms. The van der Waals surface area contributed by atoms with Crippen LogP contribution in [0.25, 0.3) is 0 Å². The molecule has 6 nitrogen and oxygen atoms in total. The number of alkyl halides is 2. The van der Waals surface area contributed by atoms with E-state index in [1.165, 1.54) is 5.56 Å². The highest BCUT2D eigenvalue weighted by Crippen LogP contribution is 2.16. The van der Waals surface area contributed by atoms with Crippen LogP contribution in [0.15, 0.2) is 53.5 Å². The second-order valence-corrected chi connectivity index (χ2v) is 8.10. The summed E-state index contributed by atoms with van der Waals surface area (Å²) in [7, 11) is 3.66. The zero-order valence-electron chi connectivity index (χ0n) is 19.1. The molecule has 1 aliphatic rings. The van der Waals surface area contributed by atoms with E-state index in [9.17, 15) is 13.9 Å². The molecule has 0 radical (unpaired) electrons. The number of halogens is 3. The Labute approximate surface area is 211 Å². The lowest BCUT2D eigenvalue weighted by Crippen LogP contribution is -2.38. The fourth-order valence-corrected chi connectivity index (χ4v) is 3.79. The predicted molar refractivity (Wildman–Crippen MR) is 137 cm³/mol. The number of hydrogen-bond acceptors (Lipinski definition) is 4. The zero-order chi connectivity index (χ0) is 22.9. The summed E-state index contributed by atoms with van der Waals surface area (Å²) in [4.78, 5) is 8.69. The summed E-state index contributed by atoms with van der Waals surface area (Å²) in [6.07, 6.45) is 1.55. The van der Waals surface area contributed by atoms with Crippen molar-refractivity contribution in [3.05, 3.63) is 65.2 Å². The van der Waals surface area contributed by atoms with Gasteiger partial charge in [-0.25, -0.2) is 0 Å². The van der Waals surface area contributed by atoms with E-state index in [0.717, 1.165) is 49.6 Å². The highest BCUT2D eigenvalue weighted by Gasteiger charge is 2.16. The normalized spacial score (nSPS) is 15.3. The van der Waals surface area contributed by atoms with Crippen LogP contribution in [0.2, 0.25) is 0 Å². The van der Waals surface area contributed by atoms with E-state index in [4.69, 9.17) is 0 Å². The van der Waals surface area contributed by atoms with Gasteiger partial charge in [-0.2, -0.15) is 8.78 Å². The Kier molecular flexibility index (Phi) is 11.3. The number of aliphatic hydroxyl groups is 1. The third kappa shape index (κ3) is 9.05. The van der Waals surface area contributed by atoms with Gasteiger partial charge in [0.1, 0.15) is 5.75 Å². The van der Waals surface area contributed by atoms with Gasteiger partial charge in [0.15, 0.2) is 5.96 Å². The van der Waals surface area contributed by atoms with Gasteiger partial charge in [-0.3, -0.25) is 9.89 Å². The molecule has 33 heavy (non-hydrogen) atoms. The number of nitrogens with zero attached hydrogens (tertiary/aromatic N) is 3. The first kappa shape index (κ1) is 27.3. The zero-order valence-corrected chi connectivity index (χ0v) is 21.4. The van der Waals surface area contributed by atoms with Crippen molar-refractivity contribution in [2.75, 3.05) is 27.2 Å². The van der Waals surface area contributed by atoms with Crippen molar-refractivity contribution in [1.82, 2.24) is 15.1 Å². The van der Waals surface area contributed by atoms with Crippen LogP contribution in [-0.2, 0) is 19.6 Å². The number of ether oxygens (including phenoxy) is 1. The van der Waals surface area contributed by atoms with E-state index in [-0.39, 0.29) is 35.8 Å². The monoisotopic (exact) mass is 574 g/mol. The third-order valence-electron chi connectivity index (χ3n) is 5.58. The molecule has 0 saturated carbocycles. The molecule has 2 N–H and O–H groups in total. The standard InChI is InChI=1S/C24H32F2N4O2.HI/c1-27-24(29(2)16-19-7-9-22(10-8-19)32-23(25)26)28-15-18-3-5-20(6-4-18)17-30-13-11-21(31)12-14-30;/h3-10,21,23,31H,11-17H2,1-2H3,(H,27,28);1H. The number of rotatable bonds is 8. The van der Waals surface area contributed by atoms with Crippen molar-refractivity contribution in [2.45, 2.75) is 45.2 Å². The summed E-state index contributed by atoms with van der Waals surface area (Å²) in [5.74, 6) is 0.893. The number of nitrogens with one attached hydrogen (secondary N) is 1. The highest BCUT2D eigenvalue weighted by molar-refractivity contribution is 14.0. The Morgan fingerprint density at radius 3 is 2.24 bits per heavy atom. The maximum atomic E-state index is 12.3. The van der Waals surface area contributed by atoms with Crippen LogP contribution in [0.5, 0.6) is 5.75 Å². The number of likely N-dealkylation sites (tertiary alicyclic amines) is 1. The molecule has 2 aromatic carbocycles. The Bertz CT molecular complexity index is 858. The topological polar surface area (TPSA) is 60.3 Å². The smallest absolute Gasteiger partial charge is 0.387 e. The van der Waals surface area contributed by atoms with Gasteiger partial charge in [0, 0.05) is 46.8 Å². The van der Waals surface area contributed by atoms with Gasteiger partial charge in [-0.05, 0) is 41.7 Å². The van der Waals surface area contributed by atoms with Crippen LogP contribution in [-0.4, -0.2) is 60.8 Å². The van der Waals surface area contributed by atoms with Crippen LogP contribution in [0, 0.1) is 0 Å². The van der Waals surface area contributed by atoms with Crippen molar-refractivity contribution in [1.29, 1.82) is 0 Å². The highest BCUT2D eigenvalue weighted by atomic mass is 127. The van der Waals surface area contributed by atoms with Crippen LogP contribution in [0.4, 0.5) is 8.78 Å². The molecular formula is C24H33F2IN4O2. The van der Waals surface area contributed by atoms with Crippen molar-refractivity contribution in [3.8, 4) is 5.75 Å². The Morgan fingerprint density at radius 1 is 1.09 bits per heavy atom. The average molecular weight is 574 g/mol. The molecule has 182 valence electrons. The molecular weight excluding hydrogens is 541 g/mol. The molecule has 2 aromatic rings. The van der Waals surface area contributed by atoms with E-state index in [0.29, 0.717) is 13.1 Å². The van der Waals surface area contributed by atoms with Crippen LogP contribution in [0.1, 0.15) is 29.5 Å².